The summed E-state index contributed by atoms with van der Waals surface area (Å²) < 4.78 is 16.5. The summed E-state index contributed by atoms with van der Waals surface area (Å²) in [7, 11) is 0. The molecule has 152 valence electrons. The average molecular weight is 418 g/mol. The first-order valence-electron chi connectivity index (χ1n) is 8.87. The monoisotopic (exact) mass is 417 g/mol. The number of carbonyl (C=O) groups excluding carboxylic acids is 2. The minimum atomic E-state index is -1.39. The molecule has 0 saturated carbocycles. The van der Waals surface area contributed by atoms with Gasteiger partial charge < -0.3 is 19.3 Å². The van der Waals surface area contributed by atoms with Crippen molar-refractivity contribution < 1.29 is 28.9 Å². The summed E-state index contributed by atoms with van der Waals surface area (Å²) in [6, 6.07) is 0. The molecule has 0 aromatic heterocycles. The van der Waals surface area contributed by atoms with Crippen molar-refractivity contribution in [3.05, 3.63) is 22.1 Å². The predicted molar refractivity (Wildman–Crippen MR) is 106 cm³/mol. The first-order chi connectivity index (χ1) is 12.6. The van der Waals surface area contributed by atoms with Crippen molar-refractivity contribution in [2.24, 2.45) is 0 Å². The Hall–Kier alpha value is -1.00. The summed E-state index contributed by atoms with van der Waals surface area (Å²) in [5.74, 6) is -2.24. The van der Waals surface area contributed by atoms with E-state index in [9.17, 15) is 14.7 Å². The number of ether oxygens (including phenoxy) is 3. The number of rotatable bonds is 7. The third kappa shape index (κ3) is 6.25. The van der Waals surface area contributed by atoms with Crippen LogP contribution in [0, 0.1) is 0 Å². The van der Waals surface area contributed by atoms with Crippen LogP contribution in [0.1, 0.15) is 40.5 Å². The number of carbonyl (C=O) groups is 2. The van der Waals surface area contributed by atoms with Gasteiger partial charge in [0, 0.05) is 25.8 Å². The molecular weight excluding hydrogens is 390 g/mol. The zero-order valence-corrected chi connectivity index (χ0v) is 17.8. The van der Waals surface area contributed by atoms with Crippen LogP contribution in [0.4, 0.5) is 0 Å². The molecule has 2 rings (SSSR count). The van der Waals surface area contributed by atoms with E-state index in [-0.39, 0.29) is 17.4 Å². The molecule has 0 aromatic carbocycles. The second-order valence-corrected chi connectivity index (χ2v) is 9.27. The lowest BCUT2D eigenvalue weighted by Crippen LogP contribution is -2.48. The maximum atomic E-state index is 12.4. The Kier molecular flexibility index (Phi) is 7.82. The number of likely N-dealkylation sites (tertiary alicyclic amines) is 1. The zero-order chi connectivity index (χ0) is 20.2. The number of allylic oxidation sites excluding steroid dienone is 1. The molecule has 2 aliphatic heterocycles. The molecule has 2 atom stereocenters. The van der Waals surface area contributed by atoms with Crippen LogP contribution in [0.25, 0.3) is 0 Å². The maximum absolute atomic E-state index is 12.4. The molecule has 0 radical (unpaired) electrons. The van der Waals surface area contributed by atoms with Crippen LogP contribution in [-0.2, 0) is 23.8 Å². The minimum Gasteiger partial charge on any atom is -0.459 e. The standard InChI is InChI=1S/C18H27NO6S2/c1-11(2)23-15(20)14(16(21)24-12(3)4)17-26-10-13(27-17)25-18(5,22)19-8-6-7-9-19/h12-13,22H,1,6-10H2,2-5H3/b17-14-. The molecule has 2 heterocycles. The number of esters is 2. The largest absolute Gasteiger partial charge is 0.459 e. The highest BCUT2D eigenvalue weighted by Gasteiger charge is 2.39. The van der Waals surface area contributed by atoms with Crippen molar-refractivity contribution in [2.45, 2.75) is 58.0 Å². The van der Waals surface area contributed by atoms with Crippen LogP contribution in [0.2, 0.25) is 0 Å². The second-order valence-electron chi connectivity index (χ2n) is 6.81. The highest BCUT2D eigenvalue weighted by atomic mass is 32.2. The fourth-order valence-corrected chi connectivity index (χ4v) is 5.40. The van der Waals surface area contributed by atoms with Gasteiger partial charge in [0.15, 0.2) is 5.57 Å². The Morgan fingerprint density at radius 2 is 1.93 bits per heavy atom. The molecule has 2 fully saturated rings. The lowest BCUT2D eigenvalue weighted by atomic mass is 10.3. The molecule has 0 bridgehead atoms. The highest BCUT2D eigenvalue weighted by Crippen LogP contribution is 2.46. The Labute approximate surface area is 168 Å². The smallest absolute Gasteiger partial charge is 0.352 e. The molecule has 2 unspecified atom stereocenters. The number of hydrogen-bond donors (Lipinski definition) is 1. The summed E-state index contributed by atoms with van der Waals surface area (Å²) in [4.78, 5) is 26.7. The van der Waals surface area contributed by atoms with E-state index < -0.39 is 23.3 Å². The highest BCUT2D eigenvalue weighted by molar-refractivity contribution is 8.25. The van der Waals surface area contributed by atoms with Crippen molar-refractivity contribution >= 4 is 35.5 Å². The number of thioether (sulfide) groups is 2. The van der Waals surface area contributed by atoms with E-state index in [1.165, 1.54) is 30.4 Å². The Bertz CT molecular complexity index is 625. The van der Waals surface area contributed by atoms with Gasteiger partial charge in [-0.1, -0.05) is 18.3 Å². The molecule has 2 aliphatic rings. The van der Waals surface area contributed by atoms with E-state index in [1.54, 1.807) is 20.8 Å². The van der Waals surface area contributed by atoms with E-state index in [2.05, 4.69) is 6.58 Å². The SMILES string of the molecule is C=C(C)OC(=O)/C(C(=O)OC(C)C)=C1\SCC(OC(C)(O)N2CCCC2)S1. The van der Waals surface area contributed by atoms with E-state index in [1.807, 2.05) is 4.90 Å². The first kappa shape index (κ1) is 22.3. The molecule has 0 aromatic rings. The lowest BCUT2D eigenvalue weighted by molar-refractivity contribution is -0.279. The third-order valence-electron chi connectivity index (χ3n) is 3.86. The van der Waals surface area contributed by atoms with Crippen LogP contribution in [0.15, 0.2) is 22.1 Å². The summed E-state index contributed by atoms with van der Waals surface area (Å²) in [6.07, 6.45) is 1.68. The molecule has 1 N–H and O–H groups in total. The molecular formula is C18H27NO6S2. The van der Waals surface area contributed by atoms with E-state index in [0.29, 0.717) is 9.99 Å². The summed E-state index contributed by atoms with van der Waals surface area (Å²) in [6.45, 7) is 11.6. The molecule has 0 aliphatic carbocycles. The average Bonchev–Trinajstić information content (AvgIpc) is 3.17. The summed E-state index contributed by atoms with van der Waals surface area (Å²) in [5.41, 5.74) is -0.561. The fraction of sp³-hybridized carbons (Fsp3) is 0.667. The minimum absolute atomic E-state index is 0.159. The molecule has 2 saturated heterocycles. The van der Waals surface area contributed by atoms with Crippen molar-refractivity contribution in [1.82, 2.24) is 4.90 Å². The van der Waals surface area contributed by atoms with Gasteiger partial charge in [0.25, 0.3) is 0 Å². The lowest BCUT2D eigenvalue weighted by Gasteiger charge is -2.34. The fourth-order valence-electron chi connectivity index (χ4n) is 2.71. The molecule has 7 nitrogen and oxygen atoms in total. The third-order valence-corrected chi connectivity index (χ3v) is 6.59. The van der Waals surface area contributed by atoms with Crippen molar-refractivity contribution in [3.8, 4) is 0 Å². The van der Waals surface area contributed by atoms with Gasteiger partial charge in [-0.2, -0.15) is 0 Å². The van der Waals surface area contributed by atoms with Crippen LogP contribution in [0.5, 0.6) is 0 Å². The Morgan fingerprint density at radius 3 is 2.48 bits per heavy atom. The maximum Gasteiger partial charge on any atom is 0.352 e. The molecule has 0 amide bonds. The number of hydrogen-bond acceptors (Lipinski definition) is 9. The van der Waals surface area contributed by atoms with Gasteiger partial charge in [-0.25, -0.2) is 9.59 Å². The Balaban J connectivity index is 2.14. The van der Waals surface area contributed by atoms with E-state index in [4.69, 9.17) is 14.2 Å². The van der Waals surface area contributed by atoms with Gasteiger partial charge in [0.05, 0.1) is 16.1 Å². The summed E-state index contributed by atoms with van der Waals surface area (Å²) in [5, 5.41) is 10.6. The van der Waals surface area contributed by atoms with Crippen LogP contribution < -0.4 is 0 Å². The van der Waals surface area contributed by atoms with Gasteiger partial charge in [0.2, 0.25) is 5.91 Å². The van der Waals surface area contributed by atoms with Gasteiger partial charge in [0.1, 0.15) is 5.44 Å². The quantitative estimate of drug-likeness (QED) is 0.168. The van der Waals surface area contributed by atoms with Crippen LogP contribution in [-0.4, -0.2) is 58.2 Å². The van der Waals surface area contributed by atoms with Gasteiger partial charge in [-0.3, -0.25) is 4.90 Å². The number of nitrogens with zero attached hydrogens (tertiary/aromatic N) is 1. The van der Waals surface area contributed by atoms with Gasteiger partial charge in [-0.05, 0) is 33.6 Å². The topological polar surface area (TPSA) is 85.3 Å². The molecule has 9 heteroatoms. The number of aliphatic hydroxyl groups is 1. The van der Waals surface area contributed by atoms with E-state index in [0.717, 1.165) is 25.9 Å². The van der Waals surface area contributed by atoms with Crippen molar-refractivity contribution in [1.29, 1.82) is 0 Å². The normalized spacial score (nSPS) is 24.6. The molecule has 0 spiro atoms. The van der Waals surface area contributed by atoms with Gasteiger partial charge in [-0.15, -0.1) is 11.8 Å². The van der Waals surface area contributed by atoms with Crippen molar-refractivity contribution in [2.75, 3.05) is 18.8 Å². The Morgan fingerprint density at radius 1 is 1.30 bits per heavy atom. The second kappa shape index (κ2) is 9.47. The van der Waals surface area contributed by atoms with Gasteiger partial charge >= 0.3 is 11.9 Å². The zero-order valence-electron chi connectivity index (χ0n) is 16.1. The van der Waals surface area contributed by atoms with Crippen molar-refractivity contribution in [3.63, 3.8) is 0 Å². The van der Waals surface area contributed by atoms with Crippen LogP contribution >= 0.6 is 23.5 Å². The van der Waals surface area contributed by atoms with E-state index >= 15 is 0 Å². The summed E-state index contributed by atoms with van der Waals surface area (Å²) >= 11 is 2.53. The van der Waals surface area contributed by atoms with Crippen LogP contribution in [0.3, 0.4) is 0 Å². The predicted octanol–water partition coefficient (Wildman–Crippen LogP) is 2.81. The first-order valence-corrected chi connectivity index (χ1v) is 10.7. The molecule has 27 heavy (non-hydrogen) atoms.